The lowest BCUT2D eigenvalue weighted by atomic mass is 10.0. The van der Waals surface area contributed by atoms with Gasteiger partial charge in [-0.3, -0.25) is 0 Å². The second kappa shape index (κ2) is 8.57. The Kier molecular flexibility index (Phi) is 5.72. The Morgan fingerprint density at radius 3 is 1.81 bits per heavy atom. The molecule has 0 N–H and O–H groups in total. The number of halogens is 1. The number of hydrogen-bond donors (Lipinski definition) is 0. The van der Waals surface area contributed by atoms with Crippen LogP contribution in [0.5, 0.6) is 0 Å². The molecule has 0 bridgehead atoms. The predicted molar refractivity (Wildman–Crippen MR) is 114 cm³/mol. The van der Waals surface area contributed by atoms with Gasteiger partial charge in [-0.1, -0.05) is 72.3 Å². The smallest absolute Gasteiger partial charge is 0.218 e. The number of benzene rings is 3. The molecule has 3 aromatic carbocycles. The number of nitrogens with zero attached hydrogens (tertiary/aromatic N) is 3. The molecule has 27 heavy (non-hydrogen) atoms. The van der Waals surface area contributed by atoms with Gasteiger partial charge in [0, 0.05) is 21.0 Å². The van der Waals surface area contributed by atoms with Crippen molar-refractivity contribution in [3.63, 3.8) is 0 Å². The van der Waals surface area contributed by atoms with Gasteiger partial charge in [0.2, 0.25) is 5.16 Å². The molecule has 3 nitrogen and oxygen atoms in total. The largest absolute Gasteiger partial charge is 0.220 e. The molecule has 0 aliphatic carbocycles. The van der Waals surface area contributed by atoms with Crippen LogP contribution in [0, 0.1) is 0 Å². The van der Waals surface area contributed by atoms with E-state index in [1.165, 1.54) is 10.8 Å². The predicted octanol–water partition coefficient (Wildman–Crippen LogP) is 6.66. The van der Waals surface area contributed by atoms with Gasteiger partial charge in [0.25, 0.3) is 0 Å². The normalized spacial score (nSPS) is 10.7. The van der Waals surface area contributed by atoms with E-state index in [1.54, 1.807) is 10.8 Å². The first-order valence-electron chi connectivity index (χ1n) is 8.25. The lowest BCUT2D eigenvalue weighted by Crippen LogP contribution is -1.98. The van der Waals surface area contributed by atoms with E-state index in [1.807, 2.05) is 84.9 Å². The Balaban J connectivity index is 1.67. The quantitative estimate of drug-likeness (QED) is 0.346. The van der Waals surface area contributed by atoms with E-state index in [9.17, 15) is 0 Å². The molecule has 132 valence electrons. The lowest BCUT2D eigenvalue weighted by molar-refractivity contribution is 0.854. The molecule has 0 spiro atoms. The Labute approximate surface area is 170 Å². The summed E-state index contributed by atoms with van der Waals surface area (Å²) in [5, 5.41) is 10.2. The second-order valence-electron chi connectivity index (χ2n) is 5.64. The summed E-state index contributed by atoms with van der Waals surface area (Å²) in [6.45, 7) is 0. The molecule has 0 amide bonds. The van der Waals surface area contributed by atoms with Crippen LogP contribution in [0.2, 0.25) is 5.02 Å². The third kappa shape index (κ3) is 4.50. The molecule has 0 atom stereocenters. The van der Waals surface area contributed by atoms with Gasteiger partial charge in [-0.25, -0.2) is 4.98 Å². The zero-order valence-corrected chi connectivity index (χ0v) is 16.5. The highest BCUT2D eigenvalue weighted by atomic mass is 35.5. The summed E-state index contributed by atoms with van der Waals surface area (Å²) in [5.41, 5.74) is 3.63. The van der Waals surface area contributed by atoms with Crippen LogP contribution in [0.4, 0.5) is 0 Å². The second-order valence-corrected chi connectivity index (χ2v) is 8.25. The highest BCUT2D eigenvalue weighted by Gasteiger charge is 2.14. The Bertz CT molecular complexity index is 1030. The molecule has 6 heteroatoms. The van der Waals surface area contributed by atoms with E-state index >= 15 is 0 Å². The fourth-order valence-corrected chi connectivity index (χ4v) is 4.31. The van der Waals surface area contributed by atoms with E-state index in [-0.39, 0.29) is 0 Å². The molecule has 1 heterocycles. The molecule has 0 saturated heterocycles. The van der Waals surface area contributed by atoms with E-state index in [4.69, 9.17) is 16.6 Å². The summed E-state index contributed by atoms with van der Waals surface area (Å²) < 4.78 is 0. The van der Waals surface area contributed by atoms with Gasteiger partial charge < -0.3 is 0 Å². The topological polar surface area (TPSA) is 38.7 Å². The van der Waals surface area contributed by atoms with Gasteiger partial charge in [-0.05, 0) is 45.9 Å². The van der Waals surface area contributed by atoms with Crippen molar-refractivity contribution >= 4 is 33.2 Å². The fourth-order valence-electron chi connectivity index (χ4n) is 2.51. The molecule has 0 saturated carbocycles. The average Bonchev–Trinajstić information content (AvgIpc) is 2.74. The molecular weight excluding hydrogens is 394 g/mol. The average molecular weight is 408 g/mol. The van der Waals surface area contributed by atoms with Crippen molar-refractivity contribution in [2.24, 2.45) is 0 Å². The van der Waals surface area contributed by atoms with Crippen LogP contribution in [-0.4, -0.2) is 15.2 Å². The molecular formula is C21H14ClN3S2. The van der Waals surface area contributed by atoms with Crippen molar-refractivity contribution in [2.45, 2.75) is 10.1 Å². The van der Waals surface area contributed by atoms with Crippen LogP contribution >= 0.6 is 33.2 Å². The summed E-state index contributed by atoms with van der Waals surface area (Å²) in [4.78, 5) is 5.88. The Morgan fingerprint density at radius 2 is 1.19 bits per heavy atom. The maximum absolute atomic E-state index is 5.94. The molecule has 4 aromatic rings. The van der Waals surface area contributed by atoms with E-state index < -0.39 is 0 Å². The molecule has 0 fully saturated rings. The molecule has 0 aliphatic rings. The minimum atomic E-state index is 0.619. The van der Waals surface area contributed by atoms with Crippen LogP contribution in [0.3, 0.4) is 0 Å². The van der Waals surface area contributed by atoms with Crippen LogP contribution < -0.4 is 0 Å². The first-order chi connectivity index (χ1) is 13.3. The van der Waals surface area contributed by atoms with Crippen LogP contribution in [-0.2, 0) is 0 Å². The lowest BCUT2D eigenvalue weighted by Gasteiger charge is -2.09. The van der Waals surface area contributed by atoms with Gasteiger partial charge in [-0.15, -0.1) is 10.2 Å². The molecule has 0 unspecified atom stereocenters. The first-order valence-corrected chi connectivity index (χ1v) is 10.8. The van der Waals surface area contributed by atoms with Crippen LogP contribution in [0.15, 0.2) is 95.0 Å². The minimum absolute atomic E-state index is 0.619. The third-order valence-corrected chi connectivity index (χ3v) is 6.18. The van der Waals surface area contributed by atoms with Gasteiger partial charge in [0.1, 0.15) is 11.4 Å². The summed E-state index contributed by atoms with van der Waals surface area (Å²) in [6.07, 6.45) is 0. The number of aromatic nitrogens is 3. The van der Waals surface area contributed by atoms with Gasteiger partial charge in [-0.2, -0.15) is 0 Å². The van der Waals surface area contributed by atoms with Crippen molar-refractivity contribution in [1.82, 2.24) is 15.2 Å². The molecule has 1 aromatic heterocycles. The van der Waals surface area contributed by atoms with Crippen molar-refractivity contribution in [3.8, 4) is 22.5 Å². The number of rotatable bonds is 5. The van der Waals surface area contributed by atoms with Crippen molar-refractivity contribution in [2.75, 3.05) is 0 Å². The van der Waals surface area contributed by atoms with Crippen molar-refractivity contribution in [3.05, 3.63) is 90.0 Å². The fraction of sp³-hybridized carbons (Fsp3) is 0. The van der Waals surface area contributed by atoms with Crippen molar-refractivity contribution in [1.29, 1.82) is 0 Å². The Hall–Kier alpha value is -2.34. The zero-order chi connectivity index (χ0) is 18.5. The monoisotopic (exact) mass is 407 g/mol. The highest BCUT2D eigenvalue weighted by molar-refractivity contribution is 8.76. The van der Waals surface area contributed by atoms with E-state index in [0.29, 0.717) is 5.16 Å². The van der Waals surface area contributed by atoms with Crippen LogP contribution in [0.25, 0.3) is 22.5 Å². The van der Waals surface area contributed by atoms with Gasteiger partial charge in [0.05, 0.1) is 0 Å². The summed E-state index contributed by atoms with van der Waals surface area (Å²) in [5.74, 6) is 0. The molecule has 4 rings (SSSR count). The Morgan fingerprint density at radius 1 is 0.593 bits per heavy atom. The van der Waals surface area contributed by atoms with Crippen molar-refractivity contribution < 1.29 is 0 Å². The van der Waals surface area contributed by atoms with E-state index in [0.717, 1.165) is 32.4 Å². The standard InChI is InChI=1S/C21H14ClN3S2/c22-17-11-13-18(14-12-17)26-27-21-23-19(15-7-3-1-4-8-15)20(24-25-21)16-9-5-2-6-10-16/h1-14H. The summed E-state index contributed by atoms with van der Waals surface area (Å²) in [6, 6.07) is 27.8. The highest BCUT2D eigenvalue weighted by Crippen LogP contribution is 2.37. The maximum atomic E-state index is 5.94. The third-order valence-electron chi connectivity index (χ3n) is 3.79. The summed E-state index contributed by atoms with van der Waals surface area (Å²) in [7, 11) is 3.06. The SMILES string of the molecule is Clc1ccc(SSc2nnc(-c3ccccc3)c(-c3ccccc3)n2)cc1. The van der Waals surface area contributed by atoms with Gasteiger partial charge >= 0.3 is 0 Å². The van der Waals surface area contributed by atoms with Crippen LogP contribution in [0.1, 0.15) is 0 Å². The molecule has 0 aliphatic heterocycles. The van der Waals surface area contributed by atoms with E-state index in [2.05, 4.69) is 10.2 Å². The first kappa shape index (κ1) is 18.0. The number of hydrogen-bond acceptors (Lipinski definition) is 5. The molecule has 0 radical (unpaired) electrons. The summed E-state index contributed by atoms with van der Waals surface area (Å²) >= 11 is 5.94. The van der Waals surface area contributed by atoms with Gasteiger partial charge in [0.15, 0.2) is 0 Å². The minimum Gasteiger partial charge on any atom is -0.218 e. The zero-order valence-electron chi connectivity index (χ0n) is 14.1. The maximum Gasteiger partial charge on any atom is 0.220 e.